The van der Waals surface area contributed by atoms with Crippen LogP contribution in [0, 0.1) is 17.5 Å². The van der Waals surface area contributed by atoms with E-state index < -0.39 is 45.6 Å². The number of anilines is 1. The molecule has 0 atom stereocenters. The highest BCUT2D eigenvalue weighted by Crippen LogP contribution is 2.19. The fourth-order valence-corrected chi connectivity index (χ4v) is 2.91. The first-order chi connectivity index (χ1) is 12.1. The zero-order chi connectivity index (χ0) is 19.5. The molecule has 0 aliphatic carbocycles. The molecule has 0 aliphatic heterocycles. The van der Waals surface area contributed by atoms with Crippen LogP contribution in [0.1, 0.15) is 17.3 Å². The lowest BCUT2D eigenvalue weighted by Crippen LogP contribution is -2.33. The normalized spacial score (nSPS) is 11.2. The third-order valence-electron chi connectivity index (χ3n) is 3.30. The number of sulfonamides is 1. The molecule has 0 bridgehead atoms. The molecule has 0 saturated heterocycles. The quantitative estimate of drug-likeness (QED) is 0.588. The summed E-state index contributed by atoms with van der Waals surface area (Å²) in [6.07, 6.45) is 0. The van der Waals surface area contributed by atoms with Gasteiger partial charge in [0.15, 0.2) is 23.2 Å². The number of nitrogens with one attached hydrogen (secondary N) is 2. The van der Waals surface area contributed by atoms with Crippen LogP contribution in [0.25, 0.3) is 0 Å². The van der Waals surface area contributed by atoms with E-state index in [0.717, 1.165) is 6.07 Å². The largest absolute Gasteiger partial charge is 0.322 e. The van der Waals surface area contributed by atoms with Crippen LogP contribution in [0.4, 0.5) is 18.9 Å². The van der Waals surface area contributed by atoms with Gasteiger partial charge in [-0.25, -0.2) is 26.3 Å². The second-order valence-corrected chi connectivity index (χ2v) is 6.94. The van der Waals surface area contributed by atoms with E-state index in [1.807, 2.05) is 10.0 Å². The number of carbonyl (C=O) groups is 2. The highest BCUT2D eigenvalue weighted by atomic mass is 32.2. The van der Waals surface area contributed by atoms with E-state index in [-0.39, 0.29) is 10.7 Å². The maximum atomic E-state index is 13.5. The van der Waals surface area contributed by atoms with Gasteiger partial charge < -0.3 is 5.32 Å². The van der Waals surface area contributed by atoms with Crippen LogP contribution in [0.3, 0.4) is 0 Å². The minimum absolute atomic E-state index is 0.186. The Morgan fingerprint density at radius 2 is 1.58 bits per heavy atom. The van der Waals surface area contributed by atoms with Crippen molar-refractivity contribution in [3.63, 3.8) is 0 Å². The summed E-state index contributed by atoms with van der Waals surface area (Å²) in [6, 6.07) is 6.43. The number of hydrogen-bond acceptors (Lipinski definition) is 4. The maximum absolute atomic E-state index is 13.5. The summed E-state index contributed by atoms with van der Waals surface area (Å²) < 4.78 is 65.5. The first-order valence-electron chi connectivity index (χ1n) is 7.16. The Bertz CT molecular complexity index is 960. The van der Waals surface area contributed by atoms with Gasteiger partial charge in [0.1, 0.15) is 0 Å². The van der Waals surface area contributed by atoms with Gasteiger partial charge in [-0.05, 0) is 31.2 Å². The molecule has 2 aromatic rings. The zero-order valence-electron chi connectivity index (χ0n) is 13.3. The summed E-state index contributed by atoms with van der Waals surface area (Å²) in [5.41, 5.74) is -0.311. The molecular formula is C16H13F3N2O4S. The van der Waals surface area contributed by atoms with Crippen LogP contribution in [0.2, 0.25) is 0 Å². The number of ketones is 1. The predicted molar refractivity (Wildman–Crippen MR) is 86.6 cm³/mol. The van der Waals surface area contributed by atoms with E-state index in [9.17, 15) is 31.2 Å². The molecule has 0 saturated carbocycles. The van der Waals surface area contributed by atoms with E-state index in [1.54, 1.807) is 0 Å². The van der Waals surface area contributed by atoms with Gasteiger partial charge in [0.2, 0.25) is 15.9 Å². The topological polar surface area (TPSA) is 92.3 Å². The SMILES string of the molecule is CC(=O)c1ccc(S(=O)(=O)NCC(=O)Nc2ccc(F)c(F)c2F)cc1. The molecule has 2 aromatic carbocycles. The predicted octanol–water partition coefficient (Wildman–Crippen LogP) is 2.22. The second-order valence-electron chi connectivity index (χ2n) is 5.18. The van der Waals surface area contributed by atoms with Crippen molar-refractivity contribution in [3.8, 4) is 0 Å². The van der Waals surface area contributed by atoms with Gasteiger partial charge in [-0.15, -0.1) is 0 Å². The molecule has 0 radical (unpaired) electrons. The highest BCUT2D eigenvalue weighted by molar-refractivity contribution is 7.89. The van der Waals surface area contributed by atoms with E-state index in [2.05, 4.69) is 0 Å². The van der Waals surface area contributed by atoms with Crippen LogP contribution in [-0.4, -0.2) is 26.7 Å². The summed E-state index contributed by atoms with van der Waals surface area (Å²) in [5, 5.41) is 1.93. The van der Waals surface area contributed by atoms with Crippen molar-refractivity contribution in [2.24, 2.45) is 0 Å². The molecule has 0 aromatic heterocycles. The Morgan fingerprint density at radius 1 is 0.962 bits per heavy atom. The van der Waals surface area contributed by atoms with Gasteiger partial charge in [0.05, 0.1) is 17.1 Å². The van der Waals surface area contributed by atoms with Gasteiger partial charge in [-0.3, -0.25) is 9.59 Å². The average Bonchev–Trinajstić information content (AvgIpc) is 2.60. The monoisotopic (exact) mass is 386 g/mol. The van der Waals surface area contributed by atoms with Crippen LogP contribution in [-0.2, 0) is 14.8 Å². The number of benzene rings is 2. The molecule has 0 unspecified atom stereocenters. The van der Waals surface area contributed by atoms with E-state index in [4.69, 9.17) is 0 Å². The third kappa shape index (κ3) is 4.46. The molecule has 2 N–H and O–H groups in total. The first kappa shape index (κ1) is 19.6. The standard InChI is InChI=1S/C16H13F3N2O4S/c1-9(22)10-2-4-11(5-3-10)26(24,25)20-8-14(23)21-13-7-6-12(17)15(18)16(13)19/h2-7,20H,8H2,1H3,(H,21,23). The average molecular weight is 386 g/mol. The Kier molecular flexibility index (Phi) is 5.78. The lowest BCUT2D eigenvalue weighted by atomic mass is 10.2. The number of rotatable bonds is 6. The summed E-state index contributed by atoms with van der Waals surface area (Å²) in [4.78, 5) is 22.7. The molecule has 2 rings (SSSR count). The number of halogens is 3. The molecule has 138 valence electrons. The Morgan fingerprint density at radius 3 is 2.15 bits per heavy atom. The number of carbonyl (C=O) groups excluding carboxylic acids is 2. The van der Waals surface area contributed by atoms with Crippen molar-refractivity contribution in [1.29, 1.82) is 0 Å². The summed E-state index contributed by atoms with van der Waals surface area (Å²) >= 11 is 0. The fourth-order valence-electron chi connectivity index (χ4n) is 1.93. The summed E-state index contributed by atoms with van der Waals surface area (Å²) in [6.45, 7) is 0.554. The lowest BCUT2D eigenvalue weighted by Gasteiger charge is -2.09. The summed E-state index contributed by atoms with van der Waals surface area (Å²) in [7, 11) is -4.07. The van der Waals surface area contributed by atoms with Crippen LogP contribution >= 0.6 is 0 Å². The Hall–Kier alpha value is -2.72. The molecule has 6 nitrogen and oxygen atoms in total. The van der Waals surface area contributed by atoms with Crippen LogP contribution in [0.15, 0.2) is 41.3 Å². The van der Waals surface area contributed by atoms with E-state index in [1.165, 1.54) is 31.2 Å². The van der Waals surface area contributed by atoms with Crippen molar-refractivity contribution in [1.82, 2.24) is 4.72 Å². The van der Waals surface area contributed by atoms with Crippen molar-refractivity contribution in [2.45, 2.75) is 11.8 Å². The molecule has 10 heteroatoms. The first-order valence-corrected chi connectivity index (χ1v) is 8.64. The van der Waals surface area contributed by atoms with Gasteiger partial charge in [0, 0.05) is 5.56 Å². The van der Waals surface area contributed by atoms with Gasteiger partial charge in [-0.2, -0.15) is 0 Å². The second kappa shape index (κ2) is 7.67. The smallest absolute Gasteiger partial charge is 0.241 e. The van der Waals surface area contributed by atoms with E-state index in [0.29, 0.717) is 11.6 Å². The van der Waals surface area contributed by atoms with Crippen molar-refractivity contribution in [2.75, 3.05) is 11.9 Å². The summed E-state index contributed by atoms with van der Waals surface area (Å²) in [5.74, 6) is -6.00. The highest BCUT2D eigenvalue weighted by Gasteiger charge is 2.18. The minimum atomic E-state index is -4.07. The fraction of sp³-hybridized carbons (Fsp3) is 0.125. The van der Waals surface area contributed by atoms with Crippen molar-refractivity contribution >= 4 is 27.4 Å². The van der Waals surface area contributed by atoms with E-state index >= 15 is 0 Å². The lowest BCUT2D eigenvalue weighted by molar-refractivity contribution is -0.115. The van der Waals surface area contributed by atoms with Crippen LogP contribution in [0.5, 0.6) is 0 Å². The molecular weight excluding hydrogens is 373 g/mol. The Balaban J connectivity index is 2.04. The van der Waals surface area contributed by atoms with Crippen molar-refractivity contribution < 1.29 is 31.2 Å². The van der Waals surface area contributed by atoms with Crippen molar-refractivity contribution in [3.05, 3.63) is 59.4 Å². The number of Topliss-reactive ketones (excluding diaryl/α,β-unsaturated/α-hetero) is 1. The van der Waals surface area contributed by atoms with Gasteiger partial charge >= 0.3 is 0 Å². The molecule has 0 heterocycles. The zero-order valence-corrected chi connectivity index (χ0v) is 14.2. The van der Waals surface area contributed by atoms with Gasteiger partial charge in [-0.1, -0.05) is 12.1 Å². The molecule has 0 spiro atoms. The molecule has 1 amide bonds. The number of hydrogen-bond donors (Lipinski definition) is 2. The van der Waals surface area contributed by atoms with Gasteiger partial charge in [0.25, 0.3) is 0 Å². The Labute approximate surface area is 147 Å². The van der Waals surface area contributed by atoms with Crippen LogP contribution < -0.4 is 10.0 Å². The number of amides is 1. The maximum Gasteiger partial charge on any atom is 0.241 e. The minimum Gasteiger partial charge on any atom is -0.322 e. The third-order valence-corrected chi connectivity index (χ3v) is 4.72. The molecule has 0 fully saturated rings. The molecule has 26 heavy (non-hydrogen) atoms. The molecule has 0 aliphatic rings.